The number of hydrogen-bond donors (Lipinski definition) is 2. The van der Waals surface area contributed by atoms with Gasteiger partial charge in [-0.05, 0) is 35.4 Å². The van der Waals surface area contributed by atoms with E-state index >= 15 is 0 Å². The highest BCUT2D eigenvalue weighted by Crippen LogP contribution is 2.12. The van der Waals surface area contributed by atoms with E-state index in [4.69, 9.17) is 4.74 Å². The maximum absolute atomic E-state index is 12.9. The minimum absolute atomic E-state index is 0.0986. The lowest BCUT2D eigenvalue weighted by molar-refractivity contribution is -0.118. The summed E-state index contributed by atoms with van der Waals surface area (Å²) in [5.74, 6) is -0.871. The molecule has 0 saturated carbocycles. The van der Waals surface area contributed by atoms with Gasteiger partial charge >= 0.3 is 12.1 Å². The highest BCUT2D eigenvalue weighted by molar-refractivity contribution is 5.97. The van der Waals surface area contributed by atoms with Crippen LogP contribution in [0.5, 0.6) is 0 Å². The number of hydrogen-bond acceptors (Lipinski definition) is 5. The second-order valence-electron chi connectivity index (χ2n) is 7.01. The number of alkyl carbamates (subject to hydrolysis) is 1. The van der Waals surface area contributed by atoms with Crippen LogP contribution in [0.2, 0.25) is 0 Å². The Labute approximate surface area is 186 Å². The molecule has 0 aromatic heterocycles. The van der Waals surface area contributed by atoms with Crippen molar-refractivity contribution in [1.82, 2.24) is 5.32 Å². The number of anilines is 1. The Balaban J connectivity index is 1.66. The first-order valence-electron chi connectivity index (χ1n) is 10.1. The standard InChI is InChI=1S/C25H24N2O5/c1-31-24(29)20-12-14-21(15-13-20)26-23(28)22(16-18-8-4-2-5-9-18)27-25(30)32-17-19-10-6-3-7-11-19/h2-15,22H,16-17H2,1H3,(H,26,28)(H,27,30)/t22-/m1/s1. The second-order valence-corrected chi connectivity index (χ2v) is 7.01. The normalized spacial score (nSPS) is 11.2. The van der Waals surface area contributed by atoms with Crippen molar-refractivity contribution in [3.05, 3.63) is 102 Å². The van der Waals surface area contributed by atoms with Gasteiger partial charge in [0.25, 0.3) is 0 Å². The Morgan fingerprint density at radius 1 is 0.812 bits per heavy atom. The van der Waals surface area contributed by atoms with Crippen LogP contribution in [0, 0.1) is 0 Å². The van der Waals surface area contributed by atoms with Gasteiger partial charge in [0.1, 0.15) is 12.6 Å². The number of nitrogens with one attached hydrogen (secondary N) is 2. The van der Waals surface area contributed by atoms with Crippen molar-refractivity contribution < 1.29 is 23.9 Å². The van der Waals surface area contributed by atoms with Crippen LogP contribution in [-0.4, -0.2) is 31.1 Å². The molecule has 0 aliphatic heterocycles. The molecule has 0 aliphatic rings. The minimum Gasteiger partial charge on any atom is -0.465 e. The van der Waals surface area contributed by atoms with Crippen LogP contribution in [0.4, 0.5) is 10.5 Å². The predicted octanol–water partition coefficient (Wildman–Crippen LogP) is 3.95. The number of benzene rings is 3. The van der Waals surface area contributed by atoms with Crippen molar-refractivity contribution in [3.8, 4) is 0 Å². The monoisotopic (exact) mass is 432 g/mol. The summed E-state index contributed by atoms with van der Waals surface area (Å²) in [6, 6.07) is 24.1. The molecule has 3 rings (SSSR count). The molecule has 2 N–H and O–H groups in total. The number of esters is 1. The minimum atomic E-state index is -0.860. The largest absolute Gasteiger partial charge is 0.465 e. The summed E-state index contributed by atoms with van der Waals surface area (Å²) in [5, 5.41) is 5.41. The molecule has 3 aromatic rings. The molecular weight excluding hydrogens is 408 g/mol. The number of carbonyl (C=O) groups excluding carboxylic acids is 3. The maximum Gasteiger partial charge on any atom is 0.408 e. The van der Waals surface area contributed by atoms with Crippen LogP contribution in [0.25, 0.3) is 0 Å². The van der Waals surface area contributed by atoms with Crippen molar-refractivity contribution in [3.63, 3.8) is 0 Å². The molecule has 2 amide bonds. The maximum atomic E-state index is 12.9. The van der Waals surface area contributed by atoms with E-state index in [1.165, 1.54) is 7.11 Å². The highest BCUT2D eigenvalue weighted by atomic mass is 16.5. The number of methoxy groups -OCH3 is 1. The van der Waals surface area contributed by atoms with Crippen molar-refractivity contribution in [2.75, 3.05) is 12.4 Å². The quantitative estimate of drug-likeness (QED) is 0.526. The average molecular weight is 432 g/mol. The zero-order valence-corrected chi connectivity index (χ0v) is 17.6. The fraction of sp³-hybridized carbons (Fsp3) is 0.160. The summed E-state index contributed by atoms with van der Waals surface area (Å²) >= 11 is 0. The first-order valence-corrected chi connectivity index (χ1v) is 10.1. The fourth-order valence-corrected chi connectivity index (χ4v) is 3.00. The molecule has 0 unspecified atom stereocenters. The molecule has 164 valence electrons. The number of ether oxygens (including phenoxy) is 2. The van der Waals surface area contributed by atoms with Gasteiger partial charge in [-0.25, -0.2) is 9.59 Å². The van der Waals surface area contributed by atoms with Crippen LogP contribution >= 0.6 is 0 Å². The average Bonchev–Trinajstić information content (AvgIpc) is 2.83. The lowest BCUT2D eigenvalue weighted by Crippen LogP contribution is -2.45. The van der Waals surface area contributed by atoms with E-state index in [2.05, 4.69) is 15.4 Å². The Kier molecular flexibility index (Phi) is 7.97. The van der Waals surface area contributed by atoms with Gasteiger partial charge in [0.05, 0.1) is 12.7 Å². The Morgan fingerprint density at radius 3 is 2.00 bits per heavy atom. The van der Waals surface area contributed by atoms with E-state index in [1.54, 1.807) is 24.3 Å². The van der Waals surface area contributed by atoms with Crippen LogP contribution in [0.1, 0.15) is 21.5 Å². The third-order valence-corrected chi connectivity index (χ3v) is 4.68. The molecule has 3 aromatic carbocycles. The van der Waals surface area contributed by atoms with Crippen LogP contribution in [-0.2, 0) is 27.3 Å². The van der Waals surface area contributed by atoms with E-state index in [-0.39, 0.29) is 13.0 Å². The first kappa shape index (κ1) is 22.6. The zero-order chi connectivity index (χ0) is 22.8. The molecule has 7 heteroatoms. The Bertz CT molecular complexity index is 1040. The number of rotatable bonds is 8. The van der Waals surface area contributed by atoms with E-state index < -0.39 is 24.0 Å². The van der Waals surface area contributed by atoms with Crippen molar-refractivity contribution in [1.29, 1.82) is 0 Å². The van der Waals surface area contributed by atoms with Gasteiger partial charge in [-0.15, -0.1) is 0 Å². The molecule has 0 spiro atoms. The topological polar surface area (TPSA) is 93.7 Å². The van der Waals surface area contributed by atoms with Crippen molar-refractivity contribution in [2.45, 2.75) is 19.1 Å². The smallest absolute Gasteiger partial charge is 0.408 e. The highest BCUT2D eigenvalue weighted by Gasteiger charge is 2.22. The first-order chi connectivity index (χ1) is 15.5. The van der Waals surface area contributed by atoms with Crippen molar-refractivity contribution in [2.24, 2.45) is 0 Å². The van der Waals surface area contributed by atoms with Crippen LogP contribution in [0.3, 0.4) is 0 Å². The van der Waals surface area contributed by atoms with Crippen molar-refractivity contribution >= 4 is 23.7 Å². The molecule has 0 aliphatic carbocycles. The molecule has 32 heavy (non-hydrogen) atoms. The summed E-state index contributed by atoms with van der Waals surface area (Å²) in [5.41, 5.74) is 2.59. The molecule has 0 bridgehead atoms. The van der Waals surface area contributed by atoms with Gasteiger partial charge in [0.2, 0.25) is 5.91 Å². The SMILES string of the molecule is COC(=O)c1ccc(NC(=O)[C@@H](Cc2ccccc2)NC(=O)OCc2ccccc2)cc1. The van der Waals surface area contributed by atoms with E-state index in [1.807, 2.05) is 60.7 Å². The molecule has 0 radical (unpaired) electrons. The van der Waals surface area contributed by atoms with Gasteiger partial charge in [-0.1, -0.05) is 60.7 Å². The summed E-state index contributed by atoms with van der Waals surface area (Å²) in [6.07, 6.45) is -0.404. The summed E-state index contributed by atoms with van der Waals surface area (Å²) < 4.78 is 9.94. The molecule has 7 nitrogen and oxygen atoms in total. The Morgan fingerprint density at radius 2 is 1.41 bits per heavy atom. The lowest BCUT2D eigenvalue weighted by atomic mass is 10.1. The van der Waals surface area contributed by atoms with E-state index in [0.29, 0.717) is 11.3 Å². The molecular formula is C25H24N2O5. The van der Waals surface area contributed by atoms with Crippen LogP contribution < -0.4 is 10.6 Å². The van der Waals surface area contributed by atoms with Gasteiger partial charge in [0, 0.05) is 12.1 Å². The predicted molar refractivity (Wildman–Crippen MR) is 120 cm³/mol. The van der Waals surface area contributed by atoms with Gasteiger partial charge in [-0.2, -0.15) is 0 Å². The molecule has 1 atom stereocenters. The molecule has 0 saturated heterocycles. The van der Waals surface area contributed by atoms with Crippen LogP contribution in [0.15, 0.2) is 84.9 Å². The third kappa shape index (κ3) is 6.70. The van der Waals surface area contributed by atoms with Gasteiger partial charge in [0.15, 0.2) is 0 Å². The second kappa shape index (κ2) is 11.3. The third-order valence-electron chi connectivity index (χ3n) is 4.68. The lowest BCUT2D eigenvalue weighted by Gasteiger charge is -2.19. The zero-order valence-electron chi connectivity index (χ0n) is 17.6. The number of carbonyl (C=O) groups is 3. The molecule has 0 heterocycles. The molecule has 0 fully saturated rings. The summed E-state index contributed by atoms with van der Waals surface area (Å²) in [4.78, 5) is 36.9. The van der Waals surface area contributed by atoms with E-state index in [0.717, 1.165) is 11.1 Å². The fourth-order valence-electron chi connectivity index (χ4n) is 3.00. The summed E-state index contributed by atoms with van der Waals surface area (Å²) in [7, 11) is 1.30. The Hall–Kier alpha value is -4.13. The summed E-state index contributed by atoms with van der Waals surface area (Å²) in [6.45, 7) is 0.0986. The number of amides is 2. The van der Waals surface area contributed by atoms with Gasteiger partial charge in [-0.3, -0.25) is 4.79 Å². The van der Waals surface area contributed by atoms with E-state index in [9.17, 15) is 14.4 Å². The van der Waals surface area contributed by atoms with Gasteiger partial charge < -0.3 is 20.1 Å².